The van der Waals surface area contributed by atoms with Crippen molar-refractivity contribution in [3.05, 3.63) is 22.7 Å². The van der Waals surface area contributed by atoms with Gasteiger partial charge in [-0.15, -0.1) is 0 Å². The van der Waals surface area contributed by atoms with Crippen LogP contribution < -0.4 is 9.47 Å². The molecular weight excluding hydrogens is 344 g/mol. The summed E-state index contributed by atoms with van der Waals surface area (Å²) in [6.07, 6.45) is 0.628. The van der Waals surface area contributed by atoms with Gasteiger partial charge in [0, 0.05) is 24.2 Å². The average molecular weight is 367 g/mol. The van der Waals surface area contributed by atoms with E-state index in [4.69, 9.17) is 21.1 Å². The monoisotopic (exact) mass is 366 g/mol. The Morgan fingerprint density at radius 3 is 2.56 bits per heavy atom. The molecule has 1 aromatic rings. The molecule has 2 heterocycles. The molecule has 0 N–H and O–H groups in total. The van der Waals surface area contributed by atoms with E-state index >= 15 is 0 Å². The molecule has 1 aromatic carbocycles. The number of fused-ring (bicyclic) bond motifs is 1. The Morgan fingerprint density at radius 1 is 1.24 bits per heavy atom. The standard InChI is InChI=1S/C18H23ClN2O4/c1-4-20-9-17(22)21(14(18(20)23)5-11(2)3)8-12-6-15-16(7-13(12)19)25-10-24-15/h6-7,11,14H,4-5,8-10H2,1-3H3/t14-/m0/s1. The number of rotatable bonds is 5. The summed E-state index contributed by atoms with van der Waals surface area (Å²) in [6.45, 7) is 7.10. The maximum absolute atomic E-state index is 12.8. The predicted molar refractivity (Wildman–Crippen MR) is 93.6 cm³/mol. The SMILES string of the molecule is CCN1CC(=O)N(Cc2cc3c(cc2Cl)OCO3)[C@@H](CC(C)C)C1=O. The van der Waals surface area contributed by atoms with Gasteiger partial charge in [0.1, 0.15) is 6.04 Å². The number of piperazine rings is 1. The number of likely N-dealkylation sites (N-methyl/N-ethyl adjacent to an activating group) is 1. The lowest BCUT2D eigenvalue weighted by Gasteiger charge is -2.40. The largest absolute Gasteiger partial charge is 0.454 e. The van der Waals surface area contributed by atoms with Gasteiger partial charge in [0.25, 0.3) is 0 Å². The molecule has 0 unspecified atom stereocenters. The fourth-order valence-electron chi connectivity index (χ4n) is 3.25. The van der Waals surface area contributed by atoms with Gasteiger partial charge in [-0.2, -0.15) is 0 Å². The van der Waals surface area contributed by atoms with Gasteiger partial charge < -0.3 is 19.3 Å². The third kappa shape index (κ3) is 3.54. The maximum Gasteiger partial charge on any atom is 0.245 e. The molecular formula is C18H23ClN2O4. The third-order valence-corrected chi connectivity index (χ3v) is 4.93. The molecule has 0 saturated carbocycles. The van der Waals surface area contributed by atoms with E-state index in [2.05, 4.69) is 0 Å². The van der Waals surface area contributed by atoms with Crippen LogP contribution >= 0.6 is 11.6 Å². The zero-order chi connectivity index (χ0) is 18.1. The lowest BCUT2D eigenvalue weighted by molar-refractivity contribution is -0.157. The molecule has 0 aromatic heterocycles. The quantitative estimate of drug-likeness (QED) is 0.803. The van der Waals surface area contributed by atoms with Gasteiger partial charge in [0.05, 0.1) is 6.54 Å². The molecule has 25 heavy (non-hydrogen) atoms. The van der Waals surface area contributed by atoms with Crippen LogP contribution in [0.3, 0.4) is 0 Å². The van der Waals surface area contributed by atoms with Crippen molar-refractivity contribution in [2.45, 2.75) is 39.8 Å². The van der Waals surface area contributed by atoms with E-state index < -0.39 is 6.04 Å². The summed E-state index contributed by atoms with van der Waals surface area (Å²) in [5.41, 5.74) is 0.755. The molecule has 2 amide bonds. The second kappa shape index (κ2) is 7.12. The zero-order valence-corrected chi connectivity index (χ0v) is 15.5. The Balaban J connectivity index is 1.88. The first-order chi connectivity index (χ1) is 11.9. The fourth-order valence-corrected chi connectivity index (χ4v) is 3.47. The fraction of sp³-hybridized carbons (Fsp3) is 0.556. The molecule has 7 heteroatoms. The minimum Gasteiger partial charge on any atom is -0.454 e. The van der Waals surface area contributed by atoms with Crippen LogP contribution in [0.2, 0.25) is 5.02 Å². The Morgan fingerprint density at radius 2 is 1.92 bits per heavy atom. The molecule has 2 aliphatic rings. The Kier molecular flexibility index (Phi) is 5.08. The highest BCUT2D eigenvalue weighted by Gasteiger charge is 2.39. The lowest BCUT2D eigenvalue weighted by atomic mass is 9.98. The molecule has 1 atom stereocenters. The summed E-state index contributed by atoms with van der Waals surface area (Å²) in [5.74, 6) is 1.47. The van der Waals surface area contributed by atoms with Crippen LogP contribution in [0.1, 0.15) is 32.8 Å². The number of hydrogen-bond acceptors (Lipinski definition) is 4. The first-order valence-corrected chi connectivity index (χ1v) is 8.94. The number of carbonyl (C=O) groups is 2. The average Bonchev–Trinajstić information content (AvgIpc) is 3.00. The normalized spacial score (nSPS) is 20.0. The van der Waals surface area contributed by atoms with E-state index in [-0.39, 0.29) is 31.7 Å². The number of hydrogen-bond donors (Lipinski definition) is 0. The van der Waals surface area contributed by atoms with Gasteiger partial charge in [-0.05, 0) is 30.9 Å². The van der Waals surface area contributed by atoms with Crippen LogP contribution in [0.25, 0.3) is 0 Å². The molecule has 0 aliphatic carbocycles. The van der Waals surface area contributed by atoms with Gasteiger partial charge in [0.15, 0.2) is 11.5 Å². The van der Waals surface area contributed by atoms with Gasteiger partial charge in [-0.1, -0.05) is 25.4 Å². The van der Waals surface area contributed by atoms with E-state index in [1.54, 1.807) is 21.9 Å². The van der Waals surface area contributed by atoms with Gasteiger partial charge in [0.2, 0.25) is 18.6 Å². The van der Waals surface area contributed by atoms with Gasteiger partial charge in [-0.25, -0.2) is 0 Å². The third-order valence-electron chi connectivity index (χ3n) is 4.58. The molecule has 2 aliphatic heterocycles. The highest BCUT2D eigenvalue weighted by atomic mass is 35.5. The molecule has 3 rings (SSSR count). The molecule has 0 bridgehead atoms. The zero-order valence-electron chi connectivity index (χ0n) is 14.8. The van der Waals surface area contributed by atoms with E-state index in [0.29, 0.717) is 35.4 Å². The summed E-state index contributed by atoms with van der Waals surface area (Å²) >= 11 is 6.35. The van der Waals surface area contributed by atoms with Crippen LogP contribution in [0, 0.1) is 5.92 Å². The predicted octanol–water partition coefficient (Wildman–Crippen LogP) is 2.67. The van der Waals surface area contributed by atoms with Crippen molar-refractivity contribution in [2.75, 3.05) is 19.9 Å². The number of carbonyl (C=O) groups excluding carboxylic acids is 2. The highest BCUT2D eigenvalue weighted by molar-refractivity contribution is 6.31. The van der Waals surface area contributed by atoms with Gasteiger partial charge >= 0.3 is 0 Å². The van der Waals surface area contributed by atoms with Crippen LogP contribution in [0.4, 0.5) is 0 Å². The topological polar surface area (TPSA) is 59.1 Å². The summed E-state index contributed by atoms with van der Waals surface area (Å²) in [5, 5.41) is 0.505. The first-order valence-electron chi connectivity index (χ1n) is 8.57. The number of halogens is 1. The van der Waals surface area contributed by atoms with E-state index in [1.807, 2.05) is 20.8 Å². The van der Waals surface area contributed by atoms with Crippen molar-refractivity contribution >= 4 is 23.4 Å². The number of nitrogens with zero attached hydrogens (tertiary/aromatic N) is 2. The van der Waals surface area contributed by atoms with Gasteiger partial charge in [-0.3, -0.25) is 9.59 Å². The summed E-state index contributed by atoms with van der Waals surface area (Å²) in [6, 6.07) is 3.04. The second-order valence-corrected chi connectivity index (χ2v) is 7.22. The van der Waals surface area contributed by atoms with Crippen molar-refractivity contribution in [3.63, 3.8) is 0 Å². The Labute approximate surface area is 152 Å². The first kappa shape index (κ1) is 17.9. The van der Waals surface area contributed by atoms with E-state index in [9.17, 15) is 9.59 Å². The lowest BCUT2D eigenvalue weighted by Crippen LogP contribution is -2.59. The molecule has 1 saturated heterocycles. The molecule has 1 fully saturated rings. The van der Waals surface area contributed by atoms with Crippen LogP contribution in [0.15, 0.2) is 12.1 Å². The number of benzene rings is 1. The molecule has 136 valence electrons. The second-order valence-electron chi connectivity index (χ2n) is 6.82. The van der Waals surface area contributed by atoms with E-state index in [0.717, 1.165) is 5.56 Å². The Hall–Kier alpha value is -1.95. The summed E-state index contributed by atoms with van der Waals surface area (Å²) < 4.78 is 10.7. The van der Waals surface area contributed by atoms with Crippen molar-refractivity contribution in [2.24, 2.45) is 5.92 Å². The summed E-state index contributed by atoms with van der Waals surface area (Å²) in [4.78, 5) is 28.7. The molecule has 0 radical (unpaired) electrons. The van der Waals surface area contributed by atoms with Crippen LogP contribution in [-0.2, 0) is 16.1 Å². The number of ether oxygens (including phenoxy) is 2. The highest BCUT2D eigenvalue weighted by Crippen LogP contribution is 2.37. The smallest absolute Gasteiger partial charge is 0.245 e. The Bertz CT molecular complexity index is 692. The minimum atomic E-state index is -0.456. The molecule has 6 nitrogen and oxygen atoms in total. The minimum absolute atomic E-state index is 0.00710. The van der Waals surface area contributed by atoms with Crippen molar-refractivity contribution < 1.29 is 19.1 Å². The van der Waals surface area contributed by atoms with Crippen molar-refractivity contribution in [1.29, 1.82) is 0 Å². The van der Waals surface area contributed by atoms with Crippen LogP contribution in [-0.4, -0.2) is 47.5 Å². The summed E-state index contributed by atoms with van der Waals surface area (Å²) in [7, 11) is 0. The maximum atomic E-state index is 12.8. The van der Waals surface area contributed by atoms with E-state index in [1.165, 1.54) is 0 Å². The van der Waals surface area contributed by atoms with Crippen LogP contribution in [0.5, 0.6) is 11.5 Å². The van der Waals surface area contributed by atoms with Crippen molar-refractivity contribution in [3.8, 4) is 11.5 Å². The number of amides is 2. The molecule has 0 spiro atoms. The van der Waals surface area contributed by atoms with Crippen molar-refractivity contribution in [1.82, 2.24) is 9.80 Å².